The van der Waals surface area contributed by atoms with Crippen molar-refractivity contribution in [2.24, 2.45) is 11.3 Å². The molecule has 0 saturated carbocycles. The molecule has 6 heteroatoms. The van der Waals surface area contributed by atoms with E-state index in [1.807, 2.05) is 18.2 Å². The molecule has 6 nitrogen and oxygen atoms in total. The summed E-state index contributed by atoms with van der Waals surface area (Å²) in [4.78, 5) is 25.9. The highest BCUT2D eigenvalue weighted by atomic mass is 16.6. The van der Waals surface area contributed by atoms with Crippen molar-refractivity contribution in [1.82, 2.24) is 10.2 Å². The lowest BCUT2D eigenvalue weighted by Crippen LogP contribution is -2.36. The number of hydrogen-bond donors (Lipinski definition) is 2. The average Bonchev–Trinajstić information content (AvgIpc) is 3.30. The Kier molecular flexibility index (Phi) is 7.41. The van der Waals surface area contributed by atoms with E-state index in [0.29, 0.717) is 13.1 Å². The van der Waals surface area contributed by atoms with E-state index in [9.17, 15) is 14.7 Å². The summed E-state index contributed by atoms with van der Waals surface area (Å²) in [5.41, 5.74) is 1.33. The molecule has 0 spiro atoms. The summed E-state index contributed by atoms with van der Waals surface area (Å²) in [6, 6.07) is 25.2. The smallest absolute Gasteiger partial charge is 0.409 e. The Balaban J connectivity index is 1.46. The number of carbonyl (C=O) groups excluding carboxylic acids is 1. The van der Waals surface area contributed by atoms with Gasteiger partial charge in [0.2, 0.25) is 0 Å². The molecule has 1 aliphatic heterocycles. The van der Waals surface area contributed by atoms with Gasteiger partial charge in [-0.25, -0.2) is 4.79 Å². The molecule has 35 heavy (non-hydrogen) atoms. The van der Waals surface area contributed by atoms with Crippen molar-refractivity contribution in [2.75, 3.05) is 26.2 Å². The summed E-state index contributed by atoms with van der Waals surface area (Å²) in [7, 11) is 0. The number of carbonyl (C=O) groups is 2. The quantitative estimate of drug-likeness (QED) is 0.454. The molecule has 1 aliphatic rings. The number of nitrogens with one attached hydrogen (secondary N) is 1. The van der Waals surface area contributed by atoms with E-state index in [1.165, 1.54) is 21.9 Å². The number of fused-ring (bicyclic) bond motifs is 1. The Hall–Kier alpha value is -3.38. The van der Waals surface area contributed by atoms with Crippen molar-refractivity contribution in [3.05, 3.63) is 83.9 Å². The zero-order valence-corrected chi connectivity index (χ0v) is 20.6. The van der Waals surface area contributed by atoms with E-state index in [1.54, 1.807) is 18.7 Å². The van der Waals surface area contributed by atoms with Gasteiger partial charge in [0.15, 0.2) is 0 Å². The third-order valence-corrected chi connectivity index (χ3v) is 7.04. The van der Waals surface area contributed by atoms with E-state index in [0.717, 1.165) is 6.54 Å². The van der Waals surface area contributed by atoms with E-state index >= 15 is 0 Å². The number of carboxylic acid groups (broad SMARTS) is 1. The minimum absolute atomic E-state index is 0.148. The molecule has 1 amide bonds. The van der Waals surface area contributed by atoms with E-state index in [4.69, 9.17) is 4.74 Å². The lowest BCUT2D eigenvalue weighted by molar-refractivity contribution is -0.149. The van der Waals surface area contributed by atoms with Crippen molar-refractivity contribution in [3.8, 4) is 0 Å². The van der Waals surface area contributed by atoms with Crippen LogP contribution in [0.2, 0.25) is 0 Å². The highest BCUT2D eigenvalue weighted by molar-refractivity contribution is 5.86. The number of nitrogens with zero attached hydrogens (tertiary/aromatic N) is 1. The zero-order chi connectivity index (χ0) is 25.0. The molecule has 0 unspecified atom stereocenters. The Morgan fingerprint density at radius 2 is 1.71 bits per heavy atom. The molecule has 1 saturated heterocycles. The van der Waals surface area contributed by atoms with Crippen LogP contribution in [0.1, 0.15) is 43.9 Å². The van der Waals surface area contributed by atoms with Crippen LogP contribution in [0.3, 0.4) is 0 Å². The maximum Gasteiger partial charge on any atom is 0.409 e. The molecule has 0 radical (unpaired) electrons. The van der Waals surface area contributed by atoms with Crippen molar-refractivity contribution in [3.63, 3.8) is 0 Å². The molecule has 3 aromatic rings. The topological polar surface area (TPSA) is 78.9 Å². The van der Waals surface area contributed by atoms with Gasteiger partial charge in [-0.2, -0.15) is 0 Å². The highest BCUT2D eigenvalue weighted by Crippen LogP contribution is 2.34. The normalized spacial score (nSPS) is 19.0. The predicted octanol–water partition coefficient (Wildman–Crippen LogP) is 5.45. The summed E-state index contributed by atoms with van der Waals surface area (Å²) in [5.74, 6) is -0.614. The van der Waals surface area contributed by atoms with Crippen LogP contribution in [0.25, 0.3) is 10.8 Å². The Morgan fingerprint density at radius 3 is 2.46 bits per heavy atom. The van der Waals surface area contributed by atoms with Crippen LogP contribution in [-0.2, 0) is 9.53 Å². The second-order valence-electron chi connectivity index (χ2n) is 10.1. The molecule has 184 valence electrons. The van der Waals surface area contributed by atoms with Gasteiger partial charge in [-0.15, -0.1) is 0 Å². The number of ether oxygens (including phenoxy) is 1. The molecular formula is C29H34N2O4. The summed E-state index contributed by atoms with van der Waals surface area (Å²) in [6.07, 6.45) is -0.454. The van der Waals surface area contributed by atoms with Crippen molar-refractivity contribution in [1.29, 1.82) is 0 Å². The van der Waals surface area contributed by atoms with Gasteiger partial charge in [0.25, 0.3) is 0 Å². The fraction of sp³-hybridized carbons (Fsp3) is 0.379. The molecular weight excluding hydrogens is 440 g/mol. The first-order chi connectivity index (χ1) is 16.8. The standard InChI is InChI=1S/C29H34N2O4/c1-20(24-15-9-13-21-12-7-8-14-25(21)24)30-16-23-17-31(18-26(23)22-10-5-4-6-11-22)28(34)35-19-29(2,3)27(32)33/h4-15,20,23,26,30H,16-19H2,1-3H3,(H,32,33)/t20-,23+,26-/m1/s1. The molecule has 1 fully saturated rings. The van der Waals surface area contributed by atoms with Crippen LogP contribution in [0.4, 0.5) is 4.79 Å². The first-order valence-corrected chi connectivity index (χ1v) is 12.2. The van der Waals surface area contributed by atoms with Gasteiger partial charge in [0.05, 0.1) is 5.41 Å². The lowest BCUT2D eigenvalue weighted by atomic mass is 9.88. The molecule has 4 rings (SSSR count). The Labute approximate surface area is 206 Å². The van der Waals surface area contributed by atoms with Crippen LogP contribution in [0.5, 0.6) is 0 Å². The monoisotopic (exact) mass is 474 g/mol. The first-order valence-electron chi connectivity index (χ1n) is 12.2. The van der Waals surface area contributed by atoms with Gasteiger partial charge in [-0.05, 0) is 48.6 Å². The fourth-order valence-corrected chi connectivity index (χ4v) is 4.77. The van der Waals surface area contributed by atoms with Gasteiger partial charge >= 0.3 is 12.1 Å². The van der Waals surface area contributed by atoms with Crippen molar-refractivity contribution in [2.45, 2.75) is 32.7 Å². The molecule has 0 aromatic heterocycles. The lowest BCUT2D eigenvalue weighted by Gasteiger charge is -2.23. The number of amides is 1. The number of hydrogen-bond acceptors (Lipinski definition) is 4. The molecule has 0 aliphatic carbocycles. The molecule has 3 atom stereocenters. The van der Waals surface area contributed by atoms with Crippen molar-refractivity contribution < 1.29 is 19.4 Å². The van der Waals surface area contributed by atoms with Crippen LogP contribution < -0.4 is 5.32 Å². The summed E-state index contributed by atoms with van der Waals surface area (Å²) in [5, 5.41) is 15.5. The highest BCUT2D eigenvalue weighted by Gasteiger charge is 2.38. The maximum absolute atomic E-state index is 12.8. The Morgan fingerprint density at radius 1 is 1.03 bits per heavy atom. The van der Waals surface area contributed by atoms with Crippen molar-refractivity contribution >= 4 is 22.8 Å². The third-order valence-electron chi connectivity index (χ3n) is 7.04. The zero-order valence-electron chi connectivity index (χ0n) is 20.6. The van der Waals surface area contributed by atoms with E-state index < -0.39 is 17.5 Å². The molecule has 1 heterocycles. The number of benzene rings is 3. The van der Waals surface area contributed by atoms with Crippen LogP contribution in [0.15, 0.2) is 72.8 Å². The molecule has 2 N–H and O–H groups in total. The summed E-state index contributed by atoms with van der Waals surface area (Å²) < 4.78 is 5.41. The van der Waals surface area contributed by atoms with Gasteiger partial charge in [0, 0.05) is 31.6 Å². The van der Waals surface area contributed by atoms with Crippen LogP contribution >= 0.6 is 0 Å². The maximum atomic E-state index is 12.8. The second kappa shape index (κ2) is 10.5. The van der Waals surface area contributed by atoms with Gasteiger partial charge in [-0.3, -0.25) is 4.79 Å². The van der Waals surface area contributed by atoms with Gasteiger partial charge in [-0.1, -0.05) is 72.8 Å². The summed E-state index contributed by atoms with van der Waals surface area (Å²) in [6.45, 7) is 6.98. The molecule has 3 aromatic carbocycles. The minimum Gasteiger partial charge on any atom is -0.481 e. The second-order valence-corrected chi connectivity index (χ2v) is 10.1. The van der Waals surface area contributed by atoms with E-state index in [-0.39, 0.29) is 24.5 Å². The van der Waals surface area contributed by atoms with Crippen LogP contribution in [0, 0.1) is 11.3 Å². The summed E-state index contributed by atoms with van der Waals surface area (Å²) >= 11 is 0. The van der Waals surface area contributed by atoms with Gasteiger partial charge in [0.1, 0.15) is 6.61 Å². The number of rotatable bonds is 8. The number of carboxylic acids is 1. The minimum atomic E-state index is -1.12. The van der Waals surface area contributed by atoms with E-state index in [2.05, 4.69) is 66.8 Å². The Bertz CT molecular complexity index is 1170. The predicted molar refractivity (Wildman–Crippen MR) is 137 cm³/mol. The average molecular weight is 475 g/mol. The molecule has 0 bridgehead atoms. The van der Waals surface area contributed by atoms with Crippen LogP contribution in [-0.4, -0.2) is 48.3 Å². The number of likely N-dealkylation sites (tertiary alicyclic amines) is 1. The third kappa shape index (κ3) is 5.65. The largest absolute Gasteiger partial charge is 0.481 e. The van der Waals surface area contributed by atoms with Gasteiger partial charge < -0.3 is 20.1 Å². The number of aliphatic carboxylic acids is 1. The first kappa shape index (κ1) is 24.7. The SMILES string of the molecule is C[C@@H](NC[C@H]1CN(C(=O)OCC(C)(C)C(=O)O)C[C@@H]1c1ccccc1)c1cccc2ccccc12. The fourth-order valence-electron chi connectivity index (χ4n) is 4.77.